The summed E-state index contributed by atoms with van der Waals surface area (Å²) < 4.78 is 5.52. The second-order valence-corrected chi connectivity index (χ2v) is 9.01. The zero-order chi connectivity index (χ0) is 23.9. The molecule has 182 valence electrons. The fraction of sp³-hybridized carbons (Fsp3) is 0.333. The Kier molecular flexibility index (Phi) is 9.09. The lowest BCUT2D eigenvalue weighted by molar-refractivity contribution is -0.152. The molecule has 0 radical (unpaired) electrons. The summed E-state index contributed by atoms with van der Waals surface area (Å²) in [7, 11) is 0. The van der Waals surface area contributed by atoms with Crippen LogP contribution in [0.1, 0.15) is 42.9 Å². The molecule has 0 amide bonds. The van der Waals surface area contributed by atoms with E-state index in [1.165, 1.54) is 0 Å². The molecule has 0 atom stereocenters. The maximum absolute atomic E-state index is 13.1. The molecule has 0 saturated carbocycles. The molecule has 3 aromatic rings. The van der Waals surface area contributed by atoms with Crippen molar-refractivity contribution >= 4 is 18.4 Å². The Morgan fingerprint density at radius 3 is 1.86 bits per heavy atom. The lowest BCUT2D eigenvalue weighted by atomic mass is 9.71. The highest BCUT2D eigenvalue weighted by atomic mass is 35.5. The number of likely N-dealkylation sites (tertiary alicyclic amines) is 1. The average molecular weight is 489 g/mol. The van der Waals surface area contributed by atoms with E-state index in [9.17, 15) is 10.1 Å². The van der Waals surface area contributed by atoms with Crippen LogP contribution in [0.5, 0.6) is 0 Å². The molecule has 1 saturated heterocycles. The summed E-state index contributed by atoms with van der Waals surface area (Å²) in [6.45, 7) is 4.61. The van der Waals surface area contributed by atoms with Crippen LogP contribution in [-0.2, 0) is 20.4 Å². The van der Waals surface area contributed by atoms with Gasteiger partial charge in [0.05, 0.1) is 18.1 Å². The quantitative estimate of drug-likeness (QED) is 0.370. The molecular formula is C30H33ClN2O2. The minimum absolute atomic E-state index is 0. The zero-order valence-corrected chi connectivity index (χ0v) is 21.0. The average Bonchev–Trinajstić information content (AvgIpc) is 2.91. The van der Waals surface area contributed by atoms with E-state index in [0.29, 0.717) is 25.9 Å². The minimum Gasteiger partial charge on any atom is -0.465 e. The van der Waals surface area contributed by atoms with E-state index < -0.39 is 10.8 Å². The van der Waals surface area contributed by atoms with Crippen LogP contribution in [0.25, 0.3) is 0 Å². The van der Waals surface area contributed by atoms with E-state index in [-0.39, 0.29) is 18.4 Å². The first-order valence-corrected chi connectivity index (χ1v) is 12.1. The molecule has 1 fully saturated rings. The zero-order valence-electron chi connectivity index (χ0n) is 20.2. The van der Waals surface area contributed by atoms with Gasteiger partial charge < -0.3 is 9.64 Å². The predicted molar refractivity (Wildman–Crippen MR) is 142 cm³/mol. The smallest absolute Gasteiger partial charge is 0.316 e. The topological polar surface area (TPSA) is 53.3 Å². The number of carbonyl (C=O) groups is 1. The number of hydrogen-bond donors (Lipinski definition) is 0. The molecule has 35 heavy (non-hydrogen) atoms. The van der Waals surface area contributed by atoms with E-state index >= 15 is 0 Å². The Morgan fingerprint density at radius 1 is 0.914 bits per heavy atom. The second kappa shape index (κ2) is 12.0. The third-order valence-electron chi connectivity index (χ3n) is 7.23. The van der Waals surface area contributed by atoms with Gasteiger partial charge in [-0.25, -0.2) is 0 Å². The van der Waals surface area contributed by atoms with Crippen molar-refractivity contribution in [1.29, 1.82) is 5.26 Å². The van der Waals surface area contributed by atoms with Crippen molar-refractivity contribution in [2.45, 2.75) is 37.0 Å². The number of piperidine rings is 1. The Balaban J connectivity index is 0.00000342. The van der Waals surface area contributed by atoms with Gasteiger partial charge in [-0.1, -0.05) is 91.0 Å². The molecule has 3 aromatic carbocycles. The van der Waals surface area contributed by atoms with Gasteiger partial charge in [0, 0.05) is 6.54 Å². The first-order valence-electron chi connectivity index (χ1n) is 12.1. The second-order valence-electron chi connectivity index (χ2n) is 9.01. The van der Waals surface area contributed by atoms with Gasteiger partial charge in [-0.15, -0.1) is 12.4 Å². The highest BCUT2D eigenvalue weighted by Gasteiger charge is 2.44. The maximum Gasteiger partial charge on any atom is 0.316 e. The van der Waals surface area contributed by atoms with Crippen LogP contribution in [0.2, 0.25) is 0 Å². The lowest BCUT2D eigenvalue weighted by Gasteiger charge is -2.41. The molecule has 1 aliphatic rings. The number of hydrogen-bond acceptors (Lipinski definition) is 4. The van der Waals surface area contributed by atoms with Crippen molar-refractivity contribution in [1.82, 2.24) is 4.90 Å². The Hall–Kier alpha value is -3.13. The summed E-state index contributed by atoms with van der Waals surface area (Å²) in [6, 6.07) is 32.9. The van der Waals surface area contributed by atoms with E-state index in [1.807, 2.05) is 97.9 Å². The van der Waals surface area contributed by atoms with Gasteiger partial charge in [0.1, 0.15) is 5.41 Å². The van der Waals surface area contributed by atoms with Gasteiger partial charge in [0.25, 0.3) is 0 Å². The van der Waals surface area contributed by atoms with Gasteiger partial charge in [-0.2, -0.15) is 5.26 Å². The summed E-state index contributed by atoms with van der Waals surface area (Å²) >= 11 is 0. The van der Waals surface area contributed by atoms with Crippen molar-refractivity contribution < 1.29 is 9.53 Å². The van der Waals surface area contributed by atoms with Crippen molar-refractivity contribution in [2.24, 2.45) is 0 Å². The number of esters is 1. The van der Waals surface area contributed by atoms with Crippen LogP contribution in [0.4, 0.5) is 0 Å². The summed E-state index contributed by atoms with van der Waals surface area (Å²) in [5.41, 5.74) is 1.76. The van der Waals surface area contributed by atoms with Crippen LogP contribution in [0.15, 0.2) is 91.0 Å². The Labute approximate surface area is 214 Å². The molecule has 0 unspecified atom stereocenters. The van der Waals surface area contributed by atoms with Crippen LogP contribution in [0, 0.1) is 11.3 Å². The fourth-order valence-corrected chi connectivity index (χ4v) is 5.21. The highest BCUT2D eigenvalue weighted by Crippen LogP contribution is 2.39. The molecule has 1 aliphatic heterocycles. The molecule has 0 aliphatic carbocycles. The van der Waals surface area contributed by atoms with Crippen LogP contribution < -0.4 is 0 Å². The van der Waals surface area contributed by atoms with Crippen molar-refractivity contribution in [3.63, 3.8) is 0 Å². The minimum atomic E-state index is -0.711. The number of halogens is 1. The normalized spacial score (nSPS) is 15.4. The summed E-state index contributed by atoms with van der Waals surface area (Å²) in [5, 5.41) is 10.4. The van der Waals surface area contributed by atoms with Gasteiger partial charge >= 0.3 is 5.97 Å². The maximum atomic E-state index is 13.1. The Bertz CT molecular complexity index is 1070. The van der Waals surface area contributed by atoms with Crippen molar-refractivity contribution in [3.05, 3.63) is 108 Å². The number of carbonyl (C=O) groups excluding carboxylic acids is 1. The van der Waals surface area contributed by atoms with Gasteiger partial charge in [0.15, 0.2) is 0 Å². The largest absolute Gasteiger partial charge is 0.465 e. The molecule has 0 bridgehead atoms. The number of nitrogens with zero attached hydrogens (tertiary/aromatic N) is 2. The number of benzene rings is 3. The molecule has 0 spiro atoms. The number of ether oxygens (including phenoxy) is 1. The highest BCUT2D eigenvalue weighted by molar-refractivity contribution is 5.85. The van der Waals surface area contributed by atoms with E-state index in [4.69, 9.17) is 4.74 Å². The Morgan fingerprint density at radius 2 is 1.40 bits per heavy atom. The number of rotatable bonds is 8. The van der Waals surface area contributed by atoms with Crippen LogP contribution in [-0.4, -0.2) is 37.1 Å². The fourth-order valence-electron chi connectivity index (χ4n) is 5.21. The first-order chi connectivity index (χ1) is 16.6. The molecule has 5 heteroatoms. The third kappa shape index (κ3) is 5.42. The standard InChI is InChI=1S/C30H32N2O2.ClH/c1-2-34-28(33)29(25-12-6-3-7-13-25)18-21-32(22-19-29)23-20-30(24-31,26-14-8-4-9-15-26)27-16-10-5-11-17-27;/h3-17H,2,18-23H2,1H3;1H. The molecule has 4 rings (SSSR count). The first kappa shape index (κ1) is 26.5. The number of nitriles is 1. The third-order valence-corrected chi connectivity index (χ3v) is 7.23. The van der Waals surface area contributed by atoms with E-state index in [1.54, 1.807) is 0 Å². The molecular weight excluding hydrogens is 456 g/mol. The van der Waals surface area contributed by atoms with Crippen molar-refractivity contribution in [3.8, 4) is 6.07 Å². The van der Waals surface area contributed by atoms with E-state index in [0.717, 1.165) is 36.3 Å². The molecule has 0 N–H and O–H groups in total. The SMILES string of the molecule is CCOC(=O)C1(c2ccccc2)CCN(CCC(C#N)(c2ccccc2)c2ccccc2)CC1.Cl. The summed E-state index contributed by atoms with van der Waals surface area (Å²) in [4.78, 5) is 15.5. The van der Waals surface area contributed by atoms with Crippen LogP contribution >= 0.6 is 12.4 Å². The van der Waals surface area contributed by atoms with Gasteiger partial charge in [-0.05, 0) is 56.0 Å². The monoisotopic (exact) mass is 488 g/mol. The molecule has 4 nitrogen and oxygen atoms in total. The van der Waals surface area contributed by atoms with Crippen LogP contribution in [0.3, 0.4) is 0 Å². The lowest BCUT2D eigenvalue weighted by Crippen LogP contribution is -2.49. The van der Waals surface area contributed by atoms with Crippen molar-refractivity contribution in [2.75, 3.05) is 26.2 Å². The van der Waals surface area contributed by atoms with E-state index in [2.05, 4.69) is 11.0 Å². The van der Waals surface area contributed by atoms with Gasteiger partial charge in [0.2, 0.25) is 0 Å². The molecule has 1 heterocycles. The summed E-state index contributed by atoms with van der Waals surface area (Å²) in [6.07, 6.45) is 2.12. The molecule has 0 aromatic heterocycles. The van der Waals surface area contributed by atoms with Gasteiger partial charge in [-0.3, -0.25) is 4.79 Å². The predicted octanol–water partition coefficient (Wildman–Crippen LogP) is 5.91. The summed E-state index contributed by atoms with van der Waals surface area (Å²) in [5.74, 6) is -0.124.